The number of sulfonamides is 1. The zero-order chi connectivity index (χ0) is 20.4. The standard InChI is InChI=1S/C22H27N3O3S/c1-2-24-15-12-17-10-11-18(16-20(17)24)23-22(26)19-8-4-5-9-21(19)29(27,28)25-13-6-3-7-14-25/h4-5,8-11,16H,2-3,6-7,12-15H2,1H3,(H,23,26). The van der Waals surface area contributed by atoms with Crippen LogP contribution in [0.3, 0.4) is 0 Å². The van der Waals surface area contributed by atoms with Crippen molar-refractivity contribution >= 4 is 27.3 Å². The summed E-state index contributed by atoms with van der Waals surface area (Å²) in [6.45, 7) is 5.04. The maximum Gasteiger partial charge on any atom is 0.257 e. The van der Waals surface area contributed by atoms with Gasteiger partial charge in [-0.1, -0.05) is 24.6 Å². The molecule has 1 fully saturated rings. The molecule has 0 unspecified atom stereocenters. The minimum Gasteiger partial charge on any atom is -0.371 e. The highest BCUT2D eigenvalue weighted by Gasteiger charge is 2.30. The van der Waals surface area contributed by atoms with Crippen molar-refractivity contribution < 1.29 is 13.2 Å². The lowest BCUT2D eigenvalue weighted by atomic mass is 10.1. The fraction of sp³-hybridized carbons (Fsp3) is 0.409. The van der Waals surface area contributed by atoms with Crippen LogP contribution in [0, 0.1) is 0 Å². The lowest BCUT2D eigenvalue weighted by Gasteiger charge is -2.26. The number of hydrogen-bond acceptors (Lipinski definition) is 4. The second-order valence-electron chi connectivity index (χ2n) is 7.59. The van der Waals surface area contributed by atoms with E-state index < -0.39 is 15.9 Å². The first-order chi connectivity index (χ1) is 14.0. The van der Waals surface area contributed by atoms with Gasteiger partial charge in [0.2, 0.25) is 10.0 Å². The summed E-state index contributed by atoms with van der Waals surface area (Å²) in [5.74, 6) is -0.401. The molecule has 7 heteroatoms. The molecule has 1 saturated heterocycles. The molecule has 1 amide bonds. The van der Waals surface area contributed by atoms with E-state index in [9.17, 15) is 13.2 Å². The Labute approximate surface area is 172 Å². The number of piperidine rings is 1. The van der Waals surface area contributed by atoms with Gasteiger partial charge in [-0.3, -0.25) is 4.79 Å². The van der Waals surface area contributed by atoms with Crippen LogP contribution >= 0.6 is 0 Å². The van der Waals surface area contributed by atoms with Gasteiger partial charge >= 0.3 is 0 Å². The lowest BCUT2D eigenvalue weighted by molar-refractivity contribution is 0.102. The molecule has 29 heavy (non-hydrogen) atoms. The topological polar surface area (TPSA) is 69.7 Å². The normalized spacial score (nSPS) is 17.2. The van der Waals surface area contributed by atoms with Crippen molar-refractivity contribution in [3.8, 4) is 0 Å². The molecule has 1 N–H and O–H groups in total. The Morgan fingerprint density at radius 1 is 1.03 bits per heavy atom. The Kier molecular flexibility index (Phi) is 5.61. The Morgan fingerprint density at radius 3 is 2.55 bits per heavy atom. The minimum atomic E-state index is -3.69. The molecule has 6 nitrogen and oxygen atoms in total. The molecule has 2 aromatic rings. The lowest BCUT2D eigenvalue weighted by Crippen LogP contribution is -2.36. The van der Waals surface area contributed by atoms with Crippen molar-refractivity contribution in [1.82, 2.24) is 4.31 Å². The fourth-order valence-corrected chi connectivity index (χ4v) is 5.88. The summed E-state index contributed by atoms with van der Waals surface area (Å²) in [4.78, 5) is 15.4. The summed E-state index contributed by atoms with van der Waals surface area (Å²) in [5, 5.41) is 2.90. The van der Waals surface area contributed by atoms with E-state index >= 15 is 0 Å². The van der Waals surface area contributed by atoms with Crippen LogP contribution < -0.4 is 10.2 Å². The average molecular weight is 414 g/mol. The largest absolute Gasteiger partial charge is 0.371 e. The number of fused-ring (bicyclic) bond motifs is 1. The third kappa shape index (κ3) is 3.89. The van der Waals surface area contributed by atoms with Gasteiger partial charge in [-0.15, -0.1) is 0 Å². The van der Waals surface area contributed by atoms with E-state index in [1.165, 1.54) is 15.9 Å². The third-order valence-corrected chi connectivity index (χ3v) is 7.74. The number of nitrogens with one attached hydrogen (secondary N) is 1. The van der Waals surface area contributed by atoms with Crippen LogP contribution in [0.2, 0.25) is 0 Å². The highest BCUT2D eigenvalue weighted by molar-refractivity contribution is 7.89. The van der Waals surface area contributed by atoms with Crippen molar-refractivity contribution in [3.05, 3.63) is 53.6 Å². The summed E-state index contributed by atoms with van der Waals surface area (Å²) >= 11 is 0. The second kappa shape index (κ2) is 8.16. The van der Waals surface area contributed by atoms with Crippen molar-refractivity contribution in [1.29, 1.82) is 0 Å². The van der Waals surface area contributed by atoms with Crippen molar-refractivity contribution in [2.45, 2.75) is 37.5 Å². The highest BCUT2D eigenvalue weighted by atomic mass is 32.2. The number of rotatable bonds is 5. The molecule has 154 valence electrons. The Balaban J connectivity index is 1.61. The number of benzene rings is 2. The molecule has 0 bridgehead atoms. The molecular formula is C22H27N3O3S. The molecule has 0 aliphatic carbocycles. The minimum absolute atomic E-state index is 0.0794. The van der Waals surface area contributed by atoms with Gasteiger partial charge in [-0.2, -0.15) is 4.31 Å². The quantitative estimate of drug-likeness (QED) is 0.815. The van der Waals surface area contributed by atoms with Crippen LogP contribution in [-0.4, -0.2) is 44.8 Å². The average Bonchev–Trinajstić information content (AvgIpc) is 3.16. The molecule has 2 aliphatic heterocycles. The number of carbonyl (C=O) groups is 1. The van der Waals surface area contributed by atoms with E-state index in [1.54, 1.807) is 18.2 Å². The van der Waals surface area contributed by atoms with Crippen LogP contribution in [0.5, 0.6) is 0 Å². The molecule has 0 saturated carbocycles. The summed E-state index contributed by atoms with van der Waals surface area (Å²) in [6.07, 6.45) is 3.77. The number of likely N-dealkylation sites (N-methyl/N-ethyl adjacent to an activating group) is 1. The molecule has 4 rings (SSSR count). The molecule has 0 spiro atoms. The first kappa shape index (κ1) is 19.9. The summed E-state index contributed by atoms with van der Waals surface area (Å²) < 4.78 is 27.8. The van der Waals surface area contributed by atoms with Gasteiger partial charge in [0.1, 0.15) is 0 Å². The summed E-state index contributed by atoms with van der Waals surface area (Å²) in [7, 11) is -3.69. The number of carbonyl (C=O) groups excluding carboxylic acids is 1. The number of nitrogens with zero attached hydrogens (tertiary/aromatic N) is 2. The van der Waals surface area contributed by atoms with Crippen molar-refractivity contribution in [2.75, 3.05) is 36.4 Å². The van der Waals surface area contributed by atoms with Gasteiger partial charge < -0.3 is 10.2 Å². The smallest absolute Gasteiger partial charge is 0.257 e. The van der Waals surface area contributed by atoms with E-state index in [-0.39, 0.29) is 10.5 Å². The Morgan fingerprint density at radius 2 is 1.79 bits per heavy atom. The van der Waals surface area contributed by atoms with E-state index in [4.69, 9.17) is 0 Å². The zero-order valence-electron chi connectivity index (χ0n) is 16.7. The predicted molar refractivity (Wildman–Crippen MR) is 115 cm³/mol. The van der Waals surface area contributed by atoms with Crippen molar-refractivity contribution in [3.63, 3.8) is 0 Å². The zero-order valence-corrected chi connectivity index (χ0v) is 17.5. The second-order valence-corrected chi connectivity index (χ2v) is 9.49. The van der Waals surface area contributed by atoms with E-state index in [1.807, 2.05) is 18.2 Å². The molecule has 2 heterocycles. The predicted octanol–water partition coefficient (Wildman–Crippen LogP) is 3.50. The molecule has 0 aromatic heterocycles. The first-order valence-electron chi connectivity index (χ1n) is 10.3. The Bertz CT molecular complexity index is 1010. The molecule has 2 aliphatic rings. The number of amides is 1. The third-order valence-electron chi connectivity index (χ3n) is 5.78. The van der Waals surface area contributed by atoms with E-state index in [2.05, 4.69) is 17.1 Å². The highest BCUT2D eigenvalue weighted by Crippen LogP contribution is 2.31. The SMILES string of the molecule is CCN1CCc2ccc(NC(=O)c3ccccc3S(=O)(=O)N3CCCCC3)cc21. The monoisotopic (exact) mass is 413 g/mol. The summed E-state index contributed by atoms with van der Waals surface area (Å²) in [5.41, 5.74) is 3.28. The van der Waals surface area contributed by atoms with Crippen LogP contribution in [0.1, 0.15) is 42.1 Å². The van der Waals surface area contributed by atoms with Crippen molar-refractivity contribution in [2.24, 2.45) is 0 Å². The summed E-state index contributed by atoms with van der Waals surface area (Å²) in [6, 6.07) is 12.4. The maximum atomic E-state index is 13.1. The molecular weight excluding hydrogens is 386 g/mol. The van der Waals surface area contributed by atoms with Crippen LogP contribution in [0.4, 0.5) is 11.4 Å². The first-order valence-corrected chi connectivity index (χ1v) is 11.7. The molecule has 2 aromatic carbocycles. The van der Waals surface area contributed by atoms with Crippen LogP contribution in [0.25, 0.3) is 0 Å². The van der Waals surface area contributed by atoms with Gasteiger partial charge in [-0.05, 0) is 56.0 Å². The number of anilines is 2. The maximum absolute atomic E-state index is 13.1. The van der Waals surface area contributed by atoms with Crippen LogP contribution in [0.15, 0.2) is 47.4 Å². The van der Waals surface area contributed by atoms with Gasteiger partial charge in [0.25, 0.3) is 5.91 Å². The van der Waals surface area contributed by atoms with E-state index in [0.29, 0.717) is 18.8 Å². The fourth-order valence-electron chi connectivity index (χ4n) is 4.17. The number of hydrogen-bond donors (Lipinski definition) is 1. The Hall–Kier alpha value is -2.38. The van der Waals surface area contributed by atoms with Gasteiger partial charge in [0, 0.05) is 37.6 Å². The van der Waals surface area contributed by atoms with Gasteiger partial charge in [0.05, 0.1) is 10.5 Å². The molecule has 0 atom stereocenters. The van der Waals surface area contributed by atoms with Gasteiger partial charge in [-0.25, -0.2) is 8.42 Å². The van der Waals surface area contributed by atoms with Crippen LogP contribution in [-0.2, 0) is 16.4 Å². The van der Waals surface area contributed by atoms with Gasteiger partial charge in [0.15, 0.2) is 0 Å². The van der Waals surface area contributed by atoms with E-state index in [0.717, 1.165) is 44.5 Å². The molecule has 0 radical (unpaired) electrons.